The third kappa shape index (κ3) is 8.29. The van der Waals surface area contributed by atoms with Crippen molar-refractivity contribution in [1.29, 1.82) is 0 Å². The van der Waals surface area contributed by atoms with Crippen LogP contribution in [0.4, 0.5) is 13.2 Å². The Bertz CT molecular complexity index is 1700. The highest BCUT2D eigenvalue weighted by Gasteiger charge is 2.34. The molecular weight excluding hydrogens is 591 g/mol. The van der Waals surface area contributed by atoms with Gasteiger partial charge in [-0.2, -0.15) is 13.2 Å². The van der Waals surface area contributed by atoms with Crippen molar-refractivity contribution in [3.63, 3.8) is 0 Å². The van der Waals surface area contributed by atoms with Crippen LogP contribution >= 0.6 is 11.6 Å². The summed E-state index contributed by atoms with van der Waals surface area (Å²) in [6.45, 7) is 5.41. The van der Waals surface area contributed by atoms with E-state index in [1.807, 2.05) is 13.8 Å². The molecule has 1 heterocycles. The number of carbonyl (C=O) groups is 1. The van der Waals surface area contributed by atoms with Gasteiger partial charge in [0.25, 0.3) is 0 Å². The third-order valence-electron chi connectivity index (χ3n) is 6.01. The molecule has 0 aliphatic heterocycles. The molecule has 0 aliphatic carbocycles. The second kappa shape index (κ2) is 13.3. The van der Waals surface area contributed by atoms with Gasteiger partial charge in [0.05, 0.1) is 10.5 Å². The Morgan fingerprint density at radius 1 is 1.02 bits per heavy atom. The molecule has 0 atom stereocenters. The zero-order valence-electron chi connectivity index (χ0n) is 23.2. The molecule has 0 fully saturated rings. The predicted octanol–water partition coefficient (Wildman–Crippen LogP) is 7.62. The molecular formula is C30H29ClF3N3O4S. The monoisotopic (exact) mass is 619 g/mol. The van der Waals surface area contributed by atoms with Crippen LogP contribution in [0.5, 0.6) is 0 Å². The number of hydrogen-bond donors (Lipinski definition) is 1. The molecule has 1 aromatic heterocycles. The minimum atomic E-state index is -4.60. The van der Waals surface area contributed by atoms with Gasteiger partial charge in [0.2, 0.25) is 5.24 Å². The molecule has 4 aromatic rings. The molecule has 0 saturated carbocycles. The van der Waals surface area contributed by atoms with Crippen molar-refractivity contribution >= 4 is 32.4 Å². The predicted molar refractivity (Wildman–Crippen MR) is 157 cm³/mol. The van der Waals surface area contributed by atoms with E-state index >= 15 is 0 Å². The fraction of sp³-hybridized carbons (Fsp3) is 0.233. The second-order valence-electron chi connectivity index (χ2n) is 9.85. The van der Waals surface area contributed by atoms with Gasteiger partial charge in [-0.3, -0.25) is 9.36 Å². The number of benzene rings is 3. The lowest BCUT2D eigenvalue weighted by molar-refractivity contribution is -0.137. The van der Waals surface area contributed by atoms with Crippen molar-refractivity contribution in [2.45, 2.75) is 38.3 Å². The summed E-state index contributed by atoms with van der Waals surface area (Å²) in [4.78, 5) is 14.5. The number of nitrogens with zero attached hydrogens (tertiary/aromatic N) is 3. The average molecular weight is 620 g/mol. The molecule has 4 rings (SSSR count). The summed E-state index contributed by atoms with van der Waals surface area (Å²) in [5.41, 5.74) is 1.31. The van der Waals surface area contributed by atoms with Crippen LogP contribution in [0.3, 0.4) is 0 Å². The van der Waals surface area contributed by atoms with Crippen LogP contribution in [0.2, 0.25) is 0 Å². The minimum Gasteiger partial charge on any atom is -0.411 e. The summed E-state index contributed by atoms with van der Waals surface area (Å²) in [6.07, 6.45) is -1.48. The molecule has 0 amide bonds. The van der Waals surface area contributed by atoms with Gasteiger partial charge in [0, 0.05) is 30.1 Å². The number of rotatable bonds is 7. The summed E-state index contributed by atoms with van der Waals surface area (Å²) in [5.74, 6) is 0.424. The Balaban J connectivity index is 0.000000616. The number of carbonyl (C=O) groups excluding carboxylic acids is 1. The molecule has 0 bridgehead atoms. The van der Waals surface area contributed by atoms with E-state index in [1.54, 1.807) is 42.5 Å². The van der Waals surface area contributed by atoms with Crippen molar-refractivity contribution in [3.8, 4) is 28.2 Å². The van der Waals surface area contributed by atoms with Crippen LogP contribution in [-0.4, -0.2) is 40.4 Å². The van der Waals surface area contributed by atoms with Crippen LogP contribution < -0.4 is 0 Å². The number of oxime groups is 1. The summed E-state index contributed by atoms with van der Waals surface area (Å²) in [5, 5.41) is 12.1. The Morgan fingerprint density at radius 2 is 1.67 bits per heavy atom. The highest BCUT2D eigenvalue weighted by Crippen LogP contribution is 2.37. The van der Waals surface area contributed by atoms with Crippen LogP contribution in [0, 0.1) is 5.92 Å². The molecule has 0 unspecified atom stereocenters. The van der Waals surface area contributed by atoms with Gasteiger partial charge in [-0.05, 0) is 65.9 Å². The third-order valence-corrected chi connectivity index (χ3v) is 7.27. The van der Waals surface area contributed by atoms with Gasteiger partial charge in [-0.25, -0.2) is 13.4 Å². The molecule has 0 spiro atoms. The van der Waals surface area contributed by atoms with Crippen LogP contribution in [0.25, 0.3) is 28.2 Å². The summed E-state index contributed by atoms with van der Waals surface area (Å²) in [6, 6.07) is 18.5. The number of aromatic nitrogens is 2. The quantitative estimate of drug-likeness (QED) is 0.0992. The van der Waals surface area contributed by atoms with Gasteiger partial charge in [-0.1, -0.05) is 61.5 Å². The molecule has 42 heavy (non-hydrogen) atoms. The van der Waals surface area contributed by atoms with Gasteiger partial charge in [-0.15, -0.1) is 0 Å². The summed E-state index contributed by atoms with van der Waals surface area (Å²) in [7, 11) is -3.38. The van der Waals surface area contributed by atoms with Crippen molar-refractivity contribution in [1.82, 2.24) is 9.55 Å². The van der Waals surface area contributed by atoms with Crippen molar-refractivity contribution in [2.24, 2.45) is 11.1 Å². The highest BCUT2D eigenvalue weighted by molar-refractivity contribution is 7.90. The van der Waals surface area contributed by atoms with E-state index in [2.05, 4.69) is 10.1 Å². The van der Waals surface area contributed by atoms with Crippen molar-refractivity contribution in [3.05, 3.63) is 90.3 Å². The van der Waals surface area contributed by atoms with Crippen molar-refractivity contribution < 1.29 is 31.6 Å². The number of hydrogen-bond acceptors (Lipinski definition) is 6. The fourth-order valence-corrected chi connectivity index (χ4v) is 4.94. The fourth-order valence-electron chi connectivity index (χ4n) is 3.96. The maximum atomic E-state index is 13.7. The lowest BCUT2D eigenvalue weighted by atomic mass is 10.0. The highest BCUT2D eigenvalue weighted by atomic mass is 35.5. The van der Waals surface area contributed by atoms with Gasteiger partial charge in [0.1, 0.15) is 17.2 Å². The standard InChI is InChI=1S/C25H20F3N3O3S.C5H9ClO/c1-16(30-32)23-15-31(24(29-23)21-8-3-4-9-22(21)25(26,27)28)19-12-10-17(11-13-19)18-6-5-7-20(14-18)35(2,33)34;1-4(2)3-5(6)7/h3-15,32H,1-2H3;4H,3H2,1-2H3. The Kier molecular flexibility index (Phi) is 10.3. The van der Waals surface area contributed by atoms with E-state index in [1.165, 1.54) is 42.0 Å². The molecule has 0 aliphatic rings. The van der Waals surface area contributed by atoms with Gasteiger partial charge >= 0.3 is 6.18 Å². The SMILES string of the molecule is CC(=NO)c1cn(-c2ccc(-c3cccc(S(C)(=O)=O)c3)cc2)c(-c2ccccc2C(F)(F)F)n1.CC(C)CC(=O)Cl. The van der Waals surface area contributed by atoms with E-state index < -0.39 is 21.6 Å². The minimum absolute atomic E-state index is 0.0303. The lowest BCUT2D eigenvalue weighted by Gasteiger charge is -2.14. The molecule has 12 heteroatoms. The average Bonchev–Trinajstić information content (AvgIpc) is 3.37. The smallest absolute Gasteiger partial charge is 0.411 e. The maximum absolute atomic E-state index is 13.7. The molecule has 7 nitrogen and oxygen atoms in total. The largest absolute Gasteiger partial charge is 0.417 e. The van der Waals surface area contributed by atoms with Crippen LogP contribution in [0.1, 0.15) is 38.4 Å². The van der Waals surface area contributed by atoms with E-state index in [-0.39, 0.29) is 32.9 Å². The maximum Gasteiger partial charge on any atom is 0.417 e. The molecule has 222 valence electrons. The van der Waals surface area contributed by atoms with E-state index in [0.29, 0.717) is 23.6 Å². The molecule has 0 radical (unpaired) electrons. The summed E-state index contributed by atoms with van der Waals surface area (Å²) < 4.78 is 66.4. The van der Waals surface area contributed by atoms with Crippen molar-refractivity contribution in [2.75, 3.05) is 6.26 Å². The zero-order valence-corrected chi connectivity index (χ0v) is 24.8. The van der Waals surface area contributed by atoms with Gasteiger partial charge in [0.15, 0.2) is 9.84 Å². The Morgan fingerprint density at radius 3 is 2.19 bits per heavy atom. The number of sulfone groups is 1. The first-order valence-electron chi connectivity index (χ1n) is 12.7. The first-order valence-corrected chi connectivity index (χ1v) is 14.9. The zero-order chi connectivity index (χ0) is 31.2. The van der Waals surface area contributed by atoms with Gasteiger partial charge < -0.3 is 5.21 Å². The number of alkyl halides is 3. The van der Waals surface area contributed by atoms with Crippen LogP contribution in [-0.2, 0) is 20.8 Å². The second-order valence-corrected chi connectivity index (χ2v) is 12.3. The van der Waals surface area contributed by atoms with Crippen LogP contribution in [0.15, 0.2) is 89.0 Å². The normalized spacial score (nSPS) is 12.2. The number of imidazole rings is 1. The molecule has 1 N–H and O–H groups in total. The topological polar surface area (TPSA) is 102 Å². The Labute approximate surface area is 247 Å². The first kappa shape index (κ1) is 32.6. The van der Waals surface area contributed by atoms with E-state index in [0.717, 1.165) is 17.9 Å². The lowest BCUT2D eigenvalue weighted by Crippen LogP contribution is -2.09. The Hall–Kier alpha value is -3.96. The van der Waals surface area contributed by atoms with E-state index in [4.69, 9.17) is 11.6 Å². The molecule has 0 saturated heterocycles. The first-order chi connectivity index (χ1) is 19.6. The van der Waals surface area contributed by atoms with E-state index in [9.17, 15) is 31.6 Å². The molecule has 3 aromatic carbocycles. The summed E-state index contributed by atoms with van der Waals surface area (Å²) >= 11 is 5.03. The number of halogens is 4.